The summed E-state index contributed by atoms with van der Waals surface area (Å²) in [6.07, 6.45) is 4.82. The molecule has 2 atom stereocenters. The maximum atomic E-state index is 6.17. The second kappa shape index (κ2) is 5.75. The standard InChI is InChI=1S/C16H26N2/c1-12(2)11-13-7-9-14(10-8-13)18(3)16-6-4-5-15(16)17/h7-10,12,15-16H,4-6,11,17H2,1-3H3. The lowest BCUT2D eigenvalue weighted by molar-refractivity contribution is 0.572. The van der Waals surface area contributed by atoms with Crippen molar-refractivity contribution in [3.63, 3.8) is 0 Å². The van der Waals surface area contributed by atoms with Crippen LogP contribution in [-0.4, -0.2) is 19.1 Å². The SMILES string of the molecule is CC(C)Cc1ccc(N(C)C2CCCC2N)cc1. The van der Waals surface area contributed by atoms with E-state index in [4.69, 9.17) is 5.73 Å². The second-order valence-electron chi connectivity index (χ2n) is 6.04. The summed E-state index contributed by atoms with van der Waals surface area (Å²) in [4.78, 5) is 2.36. The van der Waals surface area contributed by atoms with Gasteiger partial charge in [-0.1, -0.05) is 26.0 Å². The summed E-state index contributed by atoms with van der Waals surface area (Å²) in [7, 11) is 2.17. The molecule has 2 nitrogen and oxygen atoms in total. The quantitative estimate of drug-likeness (QED) is 0.884. The molecule has 2 rings (SSSR count). The molecule has 0 radical (unpaired) electrons. The van der Waals surface area contributed by atoms with Crippen molar-refractivity contribution in [1.29, 1.82) is 0 Å². The zero-order chi connectivity index (χ0) is 13.1. The van der Waals surface area contributed by atoms with Crippen molar-refractivity contribution in [3.8, 4) is 0 Å². The molecule has 1 fully saturated rings. The van der Waals surface area contributed by atoms with E-state index in [0.29, 0.717) is 12.1 Å². The van der Waals surface area contributed by atoms with E-state index in [-0.39, 0.29) is 0 Å². The lowest BCUT2D eigenvalue weighted by atomic mass is 10.0. The number of hydrogen-bond acceptors (Lipinski definition) is 2. The molecule has 0 bridgehead atoms. The van der Waals surface area contributed by atoms with Gasteiger partial charge in [0, 0.05) is 24.8 Å². The van der Waals surface area contributed by atoms with E-state index >= 15 is 0 Å². The molecule has 0 aromatic heterocycles. The van der Waals surface area contributed by atoms with Crippen LogP contribution in [0.15, 0.2) is 24.3 Å². The van der Waals surface area contributed by atoms with Crippen LogP contribution in [0.4, 0.5) is 5.69 Å². The third-order valence-corrected chi connectivity index (χ3v) is 4.02. The molecule has 0 heterocycles. The number of benzene rings is 1. The topological polar surface area (TPSA) is 29.3 Å². The van der Waals surface area contributed by atoms with E-state index in [1.54, 1.807) is 0 Å². The fraction of sp³-hybridized carbons (Fsp3) is 0.625. The minimum atomic E-state index is 0.338. The molecule has 1 aromatic carbocycles. The van der Waals surface area contributed by atoms with Gasteiger partial charge in [-0.05, 0) is 49.3 Å². The first-order chi connectivity index (χ1) is 8.58. The zero-order valence-electron chi connectivity index (χ0n) is 11.9. The van der Waals surface area contributed by atoms with Gasteiger partial charge in [-0.2, -0.15) is 0 Å². The molecule has 2 unspecified atom stereocenters. The zero-order valence-corrected chi connectivity index (χ0v) is 11.9. The van der Waals surface area contributed by atoms with Crippen LogP contribution >= 0.6 is 0 Å². The fourth-order valence-electron chi connectivity index (χ4n) is 2.98. The Morgan fingerprint density at radius 1 is 1.22 bits per heavy atom. The first-order valence-electron chi connectivity index (χ1n) is 7.15. The number of nitrogens with zero attached hydrogens (tertiary/aromatic N) is 1. The Hall–Kier alpha value is -1.02. The molecule has 100 valence electrons. The van der Waals surface area contributed by atoms with Crippen LogP contribution < -0.4 is 10.6 Å². The van der Waals surface area contributed by atoms with Gasteiger partial charge in [-0.15, -0.1) is 0 Å². The first-order valence-corrected chi connectivity index (χ1v) is 7.15. The summed E-state index contributed by atoms with van der Waals surface area (Å²) in [6, 6.07) is 9.84. The Balaban J connectivity index is 2.04. The van der Waals surface area contributed by atoms with Gasteiger partial charge in [0.1, 0.15) is 0 Å². The van der Waals surface area contributed by atoms with Gasteiger partial charge in [0.2, 0.25) is 0 Å². The molecule has 1 aliphatic carbocycles. The number of anilines is 1. The molecule has 2 heteroatoms. The van der Waals surface area contributed by atoms with Gasteiger partial charge in [0.25, 0.3) is 0 Å². The van der Waals surface area contributed by atoms with Crippen LogP contribution in [-0.2, 0) is 6.42 Å². The highest BCUT2D eigenvalue weighted by molar-refractivity contribution is 5.48. The minimum Gasteiger partial charge on any atom is -0.370 e. The van der Waals surface area contributed by atoms with Gasteiger partial charge in [-0.25, -0.2) is 0 Å². The molecule has 1 aliphatic rings. The number of likely N-dealkylation sites (N-methyl/N-ethyl adjacent to an activating group) is 1. The van der Waals surface area contributed by atoms with Crippen molar-refractivity contribution in [3.05, 3.63) is 29.8 Å². The maximum Gasteiger partial charge on any atom is 0.0437 e. The summed E-state index contributed by atoms with van der Waals surface area (Å²) < 4.78 is 0. The molecule has 0 amide bonds. The van der Waals surface area contributed by atoms with Crippen molar-refractivity contribution >= 4 is 5.69 Å². The Morgan fingerprint density at radius 2 is 1.89 bits per heavy atom. The summed E-state index contributed by atoms with van der Waals surface area (Å²) >= 11 is 0. The van der Waals surface area contributed by atoms with Crippen LogP contribution in [0.5, 0.6) is 0 Å². The Labute approximate surface area is 111 Å². The van der Waals surface area contributed by atoms with E-state index < -0.39 is 0 Å². The van der Waals surface area contributed by atoms with Crippen molar-refractivity contribution in [2.45, 2.75) is 51.6 Å². The number of rotatable bonds is 4. The normalized spacial score (nSPS) is 23.6. The van der Waals surface area contributed by atoms with E-state index in [0.717, 1.165) is 12.3 Å². The van der Waals surface area contributed by atoms with E-state index in [2.05, 4.69) is 50.1 Å². The average molecular weight is 246 g/mol. The van der Waals surface area contributed by atoms with E-state index in [1.165, 1.54) is 30.5 Å². The van der Waals surface area contributed by atoms with Crippen LogP contribution in [0.3, 0.4) is 0 Å². The highest BCUT2D eigenvalue weighted by Gasteiger charge is 2.27. The predicted octanol–water partition coefficient (Wildman–Crippen LogP) is 3.20. The van der Waals surface area contributed by atoms with Crippen molar-refractivity contribution in [1.82, 2.24) is 0 Å². The summed E-state index contributed by atoms with van der Waals surface area (Å²) in [6.45, 7) is 4.52. The molecular formula is C16H26N2. The molecule has 18 heavy (non-hydrogen) atoms. The van der Waals surface area contributed by atoms with Gasteiger partial charge < -0.3 is 10.6 Å². The third kappa shape index (κ3) is 3.05. The highest BCUT2D eigenvalue weighted by atomic mass is 15.2. The number of nitrogens with two attached hydrogens (primary N) is 1. The lowest BCUT2D eigenvalue weighted by Crippen LogP contribution is -2.42. The molecular weight excluding hydrogens is 220 g/mol. The molecule has 0 spiro atoms. The van der Waals surface area contributed by atoms with Crippen LogP contribution in [0.25, 0.3) is 0 Å². The summed E-state index contributed by atoms with van der Waals surface area (Å²) in [5, 5.41) is 0. The first kappa shape index (κ1) is 13.4. The minimum absolute atomic E-state index is 0.338. The lowest BCUT2D eigenvalue weighted by Gasteiger charge is -2.30. The largest absolute Gasteiger partial charge is 0.370 e. The van der Waals surface area contributed by atoms with Crippen LogP contribution in [0, 0.1) is 5.92 Å². The Kier molecular flexibility index (Phi) is 4.28. The third-order valence-electron chi connectivity index (χ3n) is 4.02. The fourth-order valence-corrected chi connectivity index (χ4v) is 2.98. The van der Waals surface area contributed by atoms with E-state index in [1.807, 2.05) is 0 Å². The van der Waals surface area contributed by atoms with Gasteiger partial charge in [-0.3, -0.25) is 0 Å². The second-order valence-corrected chi connectivity index (χ2v) is 6.04. The number of hydrogen-bond donors (Lipinski definition) is 1. The molecule has 0 aliphatic heterocycles. The van der Waals surface area contributed by atoms with Crippen LogP contribution in [0.1, 0.15) is 38.7 Å². The Morgan fingerprint density at radius 3 is 2.39 bits per heavy atom. The molecule has 1 aromatic rings. The average Bonchev–Trinajstić information content (AvgIpc) is 2.75. The van der Waals surface area contributed by atoms with Crippen molar-refractivity contribution in [2.24, 2.45) is 11.7 Å². The monoisotopic (exact) mass is 246 g/mol. The smallest absolute Gasteiger partial charge is 0.0437 e. The summed E-state index contributed by atoms with van der Waals surface area (Å²) in [5.41, 5.74) is 8.90. The van der Waals surface area contributed by atoms with Crippen LogP contribution in [0.2, 0.25) is 0 Å². The molecule has 0 saturated heterocycles. The van der Waals surface area contributed by atoms with Crippen molar-refractivity contribution < 1.29 is 0 Å². The van der Waals surface area contributed by atoms with Gasteiger partial charge >= 0.3 is 0 Å². The Bertz CT molecular complexity index is 369. The highest BCUT2D eigenvalue weighted by Crippen LogP contribution is 2.26. The summed E-state index contributed by atoms with van der Waals surface area (Å²) in [5.74, 6) is 0.719. The van der Waals surface area contributed by atoms with E-state index in [9.17, 15) is 0 Å². The maximum absolute atomic E-state index is 6.17. The molecule has 1 saturated carbocycles. The van der Waals surface area contributed by atoms with Gasteiger partial charge in [0.15, 0.2) is 0 Å². The predicted molar refractivity (Wildman–Crippen MR) is 79.0 cm³/mol. The van der Waals surface area contributed by atoms with Crippen molar-refractivity contribution in [2.75, 3.05) is 11.9 Å². The molecule has 2 N–H and O–H groups in total. The van der Waals surface area contributed by atoms with Gasteiger partial charge in [0.05, 0.1) is 0 Å².